The number of guanidine groups is 1. The van der Waals surface area contributed by atoms with Gasteiger partial charge < -0.3 is 20.0 Å². The third-order valence-electron chi connectivity index (χ3n) is 3.54. The van der Waals surface area contributed by atoms with Crippen LogP contribution in [-0.2, 0) is 6.42 Å². The number of hydrogen-bond acceptors (Lipinski definition) is 3. The lowest BCUT2D eigenvalue weighted by Gasteiger charge is -2.11. The maximum absolute atomic E-state index is 5.31. The molecular weight excluding hydrogens is 276 g/mol. The van der Waals surface area contributed by atoms with E-state index in [-0.39, 0.29) is 0 Å². The van der Waals surface area contributed by atoms with Gasteiger partial charge in [0.1, 0.15) is 5.76 Å². The highest BCUT2D eigenvalue weighted by molar-refractivity contribution is 5.79. The average Bonchev–Trinajstić information content (AvgIpc) is 3.01. The normalized spacial score (nSPS) is 11.9. The molecule has 0 aliphatic rings. The third kappa shape index (κ3) is 9.45. The van der Waals surface area contributed by atoms with Crippen molar-refractivity contribution >= 4 is 5.96 Å². The zero-order valence-electron chi connectivity index (χ0n) is 14.4. The molecule has 0 aliphatic heterocycles. The molecule has 0 fully saturated rings. The molecule has 0 aliphatic carbocycles. The molecule has 5 nitrogen and oxygen atoms in total. The monoisotopic (exact) mass is 308 g/mol. The summed E-state index contributed by atoms with van der Waals surface area (Å²) in [6.45, 7) is 3.01. The van der Waals surface area contributed by atoms with E-state index < -0.39 is 0 Å². The lowest BCUT2D eigenvalue weighted by molar-refractivity contribution is 0.389. The Morgan fingerprint density at radius 1 is 1.09 bits per heavy atom. The van der Waals surface area contributed by atoms with Gasteiger partial charge >= 0.3 is 0 Å². The van der Waals surface area contributed by atoms with Gasteiger partial charge in [-0.3, -0.25) is 4.99 Å². The van der Waals surface area contributed by atoms with Crippen LogP contribution in [0.25, 0.3) is 0 Å². The maximum Gasteiger partial charge on any atom is 0.190 e. The zero-order valence-corrected chi connectivity index (χ0v) is 14.4. The molecule has 2 N–H and O–H groups in total. The summed E-state index contributed by atoms with van der Waals surface area (Å²) in [5, 5.41) is 6.66. The summed E-state index contributed by atoms with van der Waals surface area (Å²) in [6.07, 6.45) is 9.01. The van der Waals surface area contributed by atoms with E-state index in [0.717, 1.165) is 31.2 Å². The fraction of sp³-hybridized carbons (Fsp3) is 0.706. The SMILES string of the molecule is CN=C(NCCCCCCCN(C)C)NCCc1ccco1. The van der Waals surface area contributed by atoms with Gasteiger partial charge in [-0.25, -0.2) is 0 Å². The Morgan fingerprint density at radius 2 is 1.82 bits per heavy atom. The summed E-state index contributed by atoms with van der Waals surface area (Å²) < 4.78 is 5.31. The van der Waals surface area contributed by atoms with E-state index in [1.165, 1.54) is 38.6 Å². The van der Waals surface area contributed by atoms with Gasteiger partial charge in [-0.2, -0.15) is 0 Å². The first kappa shape index (κ1) is 18.6. The number of nitrogens with zero attached hydrogens (tertiary/aromatic N) is 2. The van der Waals surface area contributed by atoms with Crippen LogP contribution in [0.4, 0.5) is 0 Å². The van der Waals surface area contributed by atoms with Crippen molar-refractivity contribution < 1.29 is 4.42 Å². The minimum atomic E-state index is 0.831. The number of furan rings is 1. The smallest absolute Gasteiger partial charge is 0.190 e. The summed E-state index contributed by atoms with van der Waals surface area (Å²) in [6, 6.07) is 3.91. The quantitative estimate of drug-likeness (QED) is 0.375. The van der Waals surface area contributed by atoms with Crippen LogP contribution in [0.5, 0.6) is 0 Å². The molecule has 5 heteroatoms. The van der Waals surface area contributed by atoms with Crippen LogP contribution in [0.15, 0.2) is 27.8 Å². The predicted octanol–water partition coefficient (Wildman–Crippen LogP) is 2.50. The largest absolute Gasteiger partial charge is 0.469 e. The molecule has 0 amide bonds. The lowest BCUT2D eigenvalue weighted by atomic mass is 10.1. The highest BCUT2D eigenvalue weighted by atomic mass is 16.3. The molecule has 0 spiro atoms. The Hall–Kier alpha value is -1.49. The molecule has 0 aromatic carbocycles. The summed E-state index contributed by atoms with van der Waals surface area (Å²) in [5.74, 6) is 1.87. The second-order valence-corrected chi connectivity index (χ2v) is 5.83. The van der Waals surface area contributed by atoms with Gasteiger partial charge in [0.2, 0.25) is 0 Å². The number of rotatable bonds is 11. The number of hydrogen-bond donors (Lipinski definition) is 2. The van der Waals surface area contributed by atoms with Gasteiger partial charge in [0.05, 0.1) is 6.26 Å². The Morgan fingerprint density at radius 3 is 2.50 bits per heavy atom. The van der Waals surface area contributed by atoms with Crippen molar-refractivity contribution in [3.05, 3.63) is 24.2 Å². The van der Waals surface area contributed by atoms with Gasteiger partial charge in [-0.05, 0) is 45.6 Å². The topological polar surface area (TPSA) is 52.8 Å². The standard InChI is InChI=1S/C17H32N4O/c1-18-17(20-13-11-16-10-9-15-22-16)19-12-7-5-4-6-8-14-21(2)3/h9-10,15H,4-8,11-14H2,1-3H3,(H2,18,19,20). The first-order valence-electron chi connectivity index (χ1n) is 8.34. The summed E-state index contributed by atoms with van der Waals surface area (Å²) in [4.78, 5) is 6.48. The van der Waals surface area contributed by atoms with E-state index in [0.29, 0.717) is 0 Å². The molecule has 22 heavy (non-hydrogen) atoms. The minimum absolute atomic E-state index is 0.831. The van der Waals surface area contributed by atoms with Crippen LogP contribution in [-0.4, -0.2) is 51.6 Å². The van der Waals surface area contributed by atoms with E-state index in [2.05, 4.69) is 34.6 Å². The van der Waals surface area contributed by atoms with Crippen molar-refractivity contribution in [1.29, 1.82) is 0 Å². The van der Waals surface area contributed by atoms with Crippen molar-refractivity contribution in [3.8, 4) is 0 Å². The molecule has 126 valence electrons. The Bertz CT molecular complexity index is 387. The fourth-order valence-corrected chi connectivity index (χ4v) is 2.27. The van der Waals surface area contributed by atoms with Crippen molar-refractivity contribution in [2.45, 2.75) is 38.5 Å². The summed E-state index contributed by atoms with van der Waals surface area (Å²) >= 11 is 0. The molecular formula is C17H32N4O. The molecule has 1 aromatic heterocycles. The number of unbranched alkanes of at least 4 members (excludes halogenated alkanes) is 4. The molecule has 0 saturated carbocycles. The Kier molecular flexibility index (Phi) is 10.2. The van der Waals surface area contributed by atoms with Gasteiger partial charge in [-0.15, -0.1) is 0 Å². The van der Waals surface area contributed by atoms with Crippen LogP contribution in [0, 0.1) is 0 Å². The molecule has 1 heterocycles. The second-order valence-electron chi connectivity index (χ2n) is 5.83. The summed E-state index contributed by atoms with van der Waals surface area (Å²) in [7, 11) is 6.08. The summed E-state index contributed by atoms with van der Waals surface area (Å²) in [5.41, 5.74) is 0. The minimum Gasteiger partial charge on any atom is -0.469 e. The van der Waals surface area contributed by atoms with Crippen molar-refractivity contribution in [2.75, 3.05) is 40.8 Å². The maximum atomic E-state index is 5.31. The molecule has 1 rings (SSSR count). The van der Waals surface area contributed by atoms with Crippen LogP contribution >= 0.6 is 0 Å². The van der Waals surface area contributed by atoms with Crippen molar-refractivity contribution in [1.82, 2.24) is 15.5 Å². The van der Waals surface area contributed by atoms with E-state index in [9.17, 15) is 0 Å². The molecule has 0 unspecified atom stereocenters. The molecule has 0 saturated heterocycles. The predicted molar refractivity (Wildman–Crippen MR) is 93.4 cm³/mol. The zero-order chi connectivity index (χ0) is 16.0. The van der Waals surface area contributed by atoms with Crippen LogP contribution in [0.2, 0.25) is 0 Å². The van der Waals surface area contributed by atoms with Crippen LogP contribution in [0.3, 0.4) is 0 Å². The molecule has 0 bridgehead atoms. The lowest BCUT2D eigenvalue weighted by Crippen LogP contribution is -2.38. The van der Waals surface area contributed by atoms with E-state index in [1.807, 2.05) is 19.2 Å². The van der Waals surface area contributed by atoms with Crippen molar-refractivity contribution in [3.63, 3.8) is 0 Å². The van der Waals surface area contributed by atoms with Crippen LogP contribution < -0.4 is 10.6 Å². The van der Waals surface area contributed by atoms with E-state index in [4.69, 9.17) is 4.42 Å². The molecule has 0 radical (unpaired) electrons. The second kappa shape index (κ2) is 12.1. The van der Waals surface area contributed by atoms with E-state index in [1.54, 1.807) is 6.26 Å². The van der Waals surface area contributed by atoms with Crippen molar-refractivity contribution in [2.24, 2.45) is 4.99 Å². The highest BCUT2D eigenvalue weighted by Crippen LogP contribution is 2.02. The Balaban J connectivity index is 1.95. The van der Waals surface area contributed by atoms with Gasteiger partial charge in [0.25, 0.3) is 0 Å². The van der Waals surface area contributed by atoms with Gasteiger partial charge in [0.15, 0.2) is 5.96 Å². The number of nitrogens with one attached hydrogen (secondary N) is 2. The first-order valence-corrected chi connectivity index (χ1v) is 8.34. The first-order chi connectivity index (χ1) is 10.7. The van der Waals surface area contributed by atoms with E-state index >= 15 is 0 Å². The van der Waals surface area contributed by atoms with Crippen LogP contribution in [0.1, 0.15) is 37.9 Å². The average molecular weight is 308 g/mol. The highest BCUT2D eigenvalue weighted by Gasteiger charge is 1.99. The number of aliphatic imine (C=N–C) groups is 1. The molecule has 0 atom stereocenters. The molecule has 1 aromatic rings. The third-order valence-corrected chi connectivity index (χ3v) is 3.54. The Labute approximate surface area is 135 Å². The van der Waals surface area contributed by atoms with Gasteiger partial charge in [-0.1, -0.05) is 19.3 Å². The fourth-order valence-electron chi connectivity index (χ4n) is 2.27. The van der Waals surface area contributed by atoms with Gasteiger partial charge in [0, 0.05) is 26.6 Å².